The van der Waals surface area contributed by atoms with Crippen molar-refractivity contribution in [2.24, 2.45) is 0 Å². The lowest BCUT2D eigenvalue weighted by atomic mass is 9.79. The van der Waals surface area contributed by atoms with Crippen molar-refractivity contribution in [3.63, 3.8) is 0 Å². The number of rotatable bonds is 9. The third-order valence-corrected chi connectivity index (χ3v) is 9.41. The van der Waals surface area contributed by atoms with Gasteiger partial charge in [0.15, 0.2) is 0 Å². The first-order chi connectivity index (χ1) is 18.4. The second kappa shape index (κ2) is 12.7. The van der Waals surface area contributed by atoms with Gasteiger partial charge in [-0.2, -0.15) is 0 Å². The fourth-order valence-corrected chi connectivity index (χ4v) is 7.33. The highest BCUT2D eigenvalue weighted by molar-refractivity contribution is 8.18. The predicted octanol–water partition coefficient (Wildman–Crippen LogP) is 9.32. The monoisotopic (exact) mass is 604 g/mol. The molecule has 0 unspecified atom stereocenters. The van der Waals surface area contributed by atoms with Crippen LogP contribution in [0.15, 0.2) is 34.1 Å². The van der Waals surface area contributed by atoms with E-state index < -0.39 is 6.10 Å². The summed E-state index contributed by atoms with van der Waals surface area (Å²) in [6.07, 6.45) is -0.425. The second-order valence-corrected chi connectivity index (χ2v) is 19.4. The largest absolute Gasteiger partial charge is 0.507 e. The van der Waals surface area contributed by atoms with Crippen molar-refractivity contribution in [1.82, 2.24) is 0 Å². The number of hydrogen-bond acceptors (Lipinski definition) is 6. The van der Waals surface area contributed by atoms with E-state index in [1.165, 1.54) is 4.90 Å². The highest BCUT2D eigenvalue weighted by Crippen LogP contribution is 2.51. The van der Waals surface area contributed by atoms with Crippen molar-refractivity contribution in [1.29, 1.82) is 0 Å². The van der Waals surface area contributed by atoms with Crippen molar-refractivity contribution in [2.75, 3.05) is 13.2 Å². The molecule has 232 valence electrons. The number of thioether (sulfide) groups is 2. The Morgan fingerprint density at radius 1 is 0.634 bits per heavy atom. The highest BCUT2D eigenvalue weighted by Gasteiger charge is 2.32. The molecule has 1 atom stereocenters. The summed E-state index contributed by atoms with van der Waals surface area (Å²) in [6, 6.07) is 8.81. The third kappa shape index (κ3) is 9.84. The van der Waals surface area contributed by atoms with E-state index >= 15 is 0 Å². The molecule has 2 aromatic rings. The van der Waals surface area contributed by atoms with Crippen LogP contribution in [0.3, 0.4) is 0 Å². The van der Waals surface area contributed by atoms with E-state index in [4.69, 9.17) is 4.74 Å². The number of hydrogen-bond donors (Lipinski definition) is 3. The summed E-state index contributed by atoms with van der Waals surface area (Å²) in [5.41, 5.74) is 3.46. The summed E-state index contributed by atoms with van der Waals surface area (Å²) in [5.74, 6) is 1.24. The molecule has 0 aliphatic carbocycles. The molecular weight excluding hydrogens is 549 g/mol. The number of aliphatic hydroxyl groups is 2. The smallest absolute Gasteiger partial charge is 0.126 e. The first-order valence-corrected chi connectivity index (χ1v) is 16.4. The molecule has 0 amide bonds. The number of phenols is 1. The Morgan fingerprint density at radius 2 is 0.976 bits per heavy atom. The Bertz CT molecular complexity index is 1120. The van der Waals surface area contributed by atoms with Gasteiger partial charge in [-0.05, 0) is 66.2 Å². The average molecular weight is 605 g/mol. The summed E-state index contributed by atoms with van der Waals surface area (Å²) in [4.78, 5) is 2.33. The van der Waals surface area contributed by atoms with Crippen molar-refractivity contribution < 1.29 is 20.1 Å². The zero-order valence-corrected chi connectivity index (χ0v) is 29.7. The topological polar surface area (TPSA) is 69.9 Å². The van der Waals surface area contributed by atoms with Gasteiger partial charge in [-0.1, -0.05) is 83.1 Å². The molecule has 3 N–H and O–H groups in total. The van der Waals surface area contributed by atoms with Gasteiger partial charge in [0.05, 0.1) is 10.2 Å². The van der Waals surface area contributed by atoms with Crippen LogP contribution in [0.5, 0.6) is 11.5 Å². The molecule has 0 fully saturated rings. The Kier molecular flexibility index (Phi) is 11.1. The summed E-state index contributed by atoms with van der Waals surface area (Å²) in [6.45, 7) is 30.6. The molecule has 0 bridgehead atoms. The average Bonchev–Trinajstić information content (AvgIpc) is 2.75. The van der Waals surface area contributed by atoms with Crippen molar-refractivity contribution >= 4 is 23.5 Å². The Morgan fingerprint density at radius 3 is 1.29 bits per heavy atom. The van der Waals surface area contributed by atoms with Crippen LogP contribution in [-0.4, -0.2) is 38.7 Å². The van der Waals surface area contributed by atoms with E-state index in [0.717, 1.165) is 32.9 Å². The predicted molar refractivity (Wildman–Crippen MR) is 178 cm³/mol. The van der Waals surface area contributed by atoms with Crippen LogP contribution in [0.1, 0.15) is 126 Å². The van der Waals surface area contributed by atoms with E-state index in [9.17, 15) is 15.3 Å². The first-order valence-electron chi connectivity index (χ1n) is 14.7. The standard InChI is InChI=1S/C35H56O4S2/c1-31(2,3)25-17-23(18-26(29(25)38)32(4,5)6)40-35(13,14)41-24-19-27(33(7,8)9)30(28(20-24)34(10,11)12)39-21-22(37)15-16-36/h17-20,22,36-38H,15-16,21H2,1-14H3/t22-/m0/s1. The maximum atomic E-state index is 11.2. The summed E-state index contributed by atoms with van der Waals surface area (Å²) < 4.78 is 6.12. The second-order valence-electron chi connectivity index (χ2n) is 15.8. The highest BCUT2D eigenvalue weighted by atomic mass is 32.2. The molecule has 41 heavy (non-hydrogen) atoms. The molecule has 0 saturated heterocycles. The molecule has 2 aromatic carbocycles. The Hall–Kier alpha value is -1.34. The van der Waals surface area contributed by atoms with Crippen molar-refractivity contribution in [3.05, 3.63) is 46.5 Å². The van der Waals surface area contributed by atoms with E-state index in [0.29, 0.717) is 12.2 Å². The van der Waals surface area contributed by atoms with E-state index in [-0.39, 0.29) is 39.0 Å². The minimum Gasteiger partial charge on any atom is -0.507 e. The van der Waals surface area contributed by atoms with Gasteiger partial charge in [0.1, 0.15) is 18.1 Å². The van der Waals surface area contributed by atoms with Crippen molar-refractivity contribution in [2.45, 2.75) is 145 Å². The molecule has 6 heteroatoms. The van der Waals surface area contributed by atoms with Gasteiger partial charge in [0.25, 0.3) is 0 Å². The number of aliphatic hydroxyl groups excluding tert-OH is 2. The minimum atomic E-state index is -0.716. The normalized spacial score (nSPS) is 14.3. The van der Waals surface area contributed by atoms with Gasteiger partial charge in [-0.15, -0.1) is 23.5 Å². The molecule has 0 aliphatic heterocycles. The van der Waals surface area contributed by atoms with E-state index in [1.807, 2.05) is 23.5 Å². The van der Waals surface area contributed by atoms with Crippen LogP contribution in [0, 0.1) is 0 Å². The zero-order chi connectivity index (χ0) is 31.8. The van der Waals surface area contributed by atoms with Crippen LogP contribution in [-0.2, 0) is 21.7 Å². The molecular formula is C35H56O4S2. The maximum Gasteiger partial charge on any atom is 0.126 e. The molecule has 0 spiro atoms. The number of phenolic OH excluding ortho intramolecular Hbond substituents is 1. The summed E-state index contributed by atoms with van der Waals surface area (Å²) in [5, 5.41) is 30.7. The first kappa shape index (κ1) is 35.9. The molecule has 0 aromatic heterocycles. The molecule has 0 aliphatic rings. The molecule has 0 radical (unpaired) electrons. The van der Waals surface area contributed by atoms with Crippen LogP contribution >= 0.6 is 23.5 Å². The third-order valence-electron chi connectivity index (χ3n) is 6.99. The van der Waals surface area contributed by atoms with Gasteiger partial charge >= 0.3 is 0 Å². The Labute approximate surface area is 259 Å². The van der Waals surface area contributed by atoms with Gasteiger partial charge in [0, 0.05) is 38.7 Å². The maximum absolute atomic E-state index is 11.2. The van der Waals surface area contributed by atoms with Crippen molar-refractivity contribution in [3.8, 4) is 11.5 Å². The lowest BCUT2D eigenvalue weighted by Gasteiger charge is -2.33. The van der Waals surface area contributed by atoms with Gasteiger partial charge in [-0.3, -0.25) is 0 Å². The molecule has 2 rings (SSSR count). The summed E-state index contributed by atoms with van der Waals surface area (Å²) >= 11 is 3.66. The van der Waals surface area contributed by atoms with Crippen LogP contribution in [0.4, 0.5) is 0 Å². The lowest BCUT2D eigenvalue weighted by molar-refractivity contribution is 0.0804. The van der Waals surface area contributed by atoms with Gasteiger partial charge in [0.2, 0.25) is 0 Å². The molecule has 4 nitrogen and oxygen atoms in total. The van der Waals surface area contributed by atoms with Gasteiger partial charge < -0.3 is 20.1 Å². The van der Waals surface area contributed by atoms with Gasteiger partial charge in [-0.25, -0.2) is 0 Å². The summed E-state index contributed by atoms with van der Waals surface area (Å²) in [7, 11) is 0. The molecule has 0 saturated carbocycles. The number of ether oxygens (including phenoxy) is 1. The van der Waals surface area contributed by atoms with Crippen LogP contribution in [0.25, 0.3) is 0 Å². The van der Waals surface area contributed by atoms with Crippen LogP contribution in [0.2, 0.25) is 0 Å². The fraction of sp³-hybridized carbons (Fsp3) is 0.657. The van der Waals surface area contributed by atoms with Crippen LogP contribution < -0.4 is 4.74 Å². The number of benzene rings is 2. The van der Waals surface area contributed by atoms with E-state index in [1.54, 1.807) is 0 Å². The SMILES string of the molecule is CC(C)(Sc1cc(C(C)(C)C)c(O)c(C(C)(C)C)c1)Sc1cc(C(C)(C)C)c(OC[C@@H](O)CCO)c(C(C)(C)C)c1. The van der Waals surface area contributed by atoms with E-state index in [2.05, 4.69) is 121 Å². The lowest BCUT2D eigenvalue weighted by Crippen LogP contribution is -2.24. The molecule has 0 heterocycles. The number of aromatic hydroxyl groups is 1. The fourth-order valence-electron chi connectivity index (χ4n) is 4.74. The Balaban J connectivity index is 2.59. The minimum absolute atomic E-state index is 0.0688. The zero-order valence-electron chi connectivity index (χ0n) is 28.1. The quantitative estimate of drug-likeness (QED) is 0.196.